The minimum absolute atomic E-state index is 0.00478. The lowest BCUT2D eigenvalue weighted by Gasteiger charge is -2.39. The molecule has 1 aromatic carbocycles. The molecule has 0 spiro atoms. The van der Waals surface area contributed by atoms with Crippen molar-refractivity contribution in [3.63, 3.8) is 0 Å². The first kappa shape index (κ1) is 24.1. The molecule has 3 rings (SSSR count). The van der Waals surface area contributed by atoms with Crippen molar-refractivity contribution < 1.29 is 9.59 Å². The molecule has 1 unspecified atom stereocenters. The number of halogens is 2. The van der Waals surface area contributed by atoms with E-state index in [4.69, 9.17) is 23.2 Å². The summed E-state index contributed by atoms with van der Waals surface area (Å²) in [6, 6.07) is 7.15. The van der Waals surface area contributed by atoms with Crippen LogP contribution in [0.2, 0.25) is 10.0 Å². The van der Waals surface area contributed by atoms with Crippen LogP contribution in [0.5, 0.6) is 0 Å². The molecular formula is C24H30Cl2N2O2S. The fourth-order valence-electron chi connectivity index (χ4n) is 3.99. The van der Waals surface area contributed by atoms with Crippen molar-refractivity contribution in [3.05, 3.63) is 55.7 Å². The molecule has 1 atom stereocenters. The van der Waals surface area contributed by atoms with Crippen LogP contribution < -0.4 is 0 Å². The van der Waals surface area contributed by atoms with Gasteiger partial charge in [-0.3, -0.25) is 9.59 Å². The van der Waals surface area contributed by atoms with Gasteiger partial charge >= 0.3 is 0 Å². The number of rotatable bonds is 5. The van der Waals surface area contributed by atoms with Crippen molar-refractivity contribution in [2.75, 3.05) is 13.1 Å². The van der Waals surface area contributed by atoms with E-state index in [2.05, 4.69) is 11.4 Å². The van der Waals surface area contributed by atoms with Gasteiger partial charge in [0.1, 0.15) is 6.54 Å². The molecule has 2 heterocycles. The minimum Gasteiger partial charge on any atom is -0.331 e. The van der Waals surface area contributed by atoms with Gasteiger partial charge in [0, 0.05) is 33.9 Å². The molecule has 7 heteroatoms. The number of carbonyl (C=O) groups is 2. The first-order valence-corrected chi connectivity index (χ1v) is 12.2. The Morgan fingerprint density at radius 2 is 1.90 bits per heavy atom. The predicted molar refractivity (Wildman–Crippen MR) is 129 cm³/mol. The molecule has 4 nitrogen and oxygen atoms in total. The van der Waals surface area contributed by atoms with Crippen LogP contribution in [0.4, 0.5) is 0 Å². The Balaban J connectivity index is 1.92. The van der Waals surface area contributed by atoms with Crippen LogP contribution in [0.15, 0.2) is 29.6 Å². The van der Waals surface area contributed by atoms with E-state index in [1.807, 2.05) is 45.6 Å². The van der Waals surface area contributed by atoms with Crippen LogP contribution in [0.1, 0.15) is 63.1 Å². The van der Waals surface area contributed by atoms with E-state index >= 15 is 0 Å². The summed E-state index contributed by atoms with van der Waals surface area (Å²) >= 11 is 14.4. The van der Waals surface area contributed by atoms with E-state index in [1.165, 1.54) is 4.88 Å². The monoisotopic (exact) mass is 480 g/mol. The fraction of sp³-hybridized carbons (Fsp3) is 0.500. The average molecular weight is 481 g/mol. The summed E-state index contributed by atoms with van der Waals surface area (Å²) in [6.45, 7) is 10.7. The Morgan fingerprint density at radius 1 is 1.19 bits per heavy atom. The zero-order chi connectivity index (χ0) is 22.9. The summed E-state index contributed by atoms with van der Waals surface area (Å²) < 4.78 is 0. The first-order chi connectivity index (χ1) is 14.5. The van der Waals surface area contributed by atoms with Crippen LogP contribution in [0, 0.1) is 5.41 Å². The second-order valence-corrected chi connectivity index (χ2v) is 11.4. The van der Waals surface area contributed by atoms with Crippen LogP contribution >= 0.6 is 34.5 Å². The van der Waals surface area contributed by atoms with E-state index in [0.717, 1.165) is 17.5 Å². The SMILES string of the molecule is CC(C)N(CC(=O)N1CCc2sccc2C1c1ccc(Cl)cc1Cl)C(=O)CC(C)(C)C. The number of hydrogen-bond donors (Lipinski definition) is 0. The highest BCUT2D eigenvalue weighted by Gasteiger charge is 2.35. The van der Waals surface area contributed by atoms with E-state index in [1.54, 1.807) is 28.4 Å². The van der Waals surface area contributed by atoms with Gasteiger partial charge in [0.15, 0.2) is 0 Å². The van der Waals surface area contributed by atoms with Crippen LogP contribution in [-0.2, 0) is 16.0 Å². The molecule has 2 aromatic rings. The number of fused-ring (bicyclic) bond motifs is 1. The van der Waals surface area contributed by atoms with Crippen molar-refractivity contribution in [2.24, 2.45) is 5.41 Å². The number of benzene rings is 1. The van der Waals surface area contributed by atoms with Gasteiger partial charge in [-0.05, 0) is 60.4 Å². The average Bonchev–Trinajstić information content (AvgIpc) is 3.12. The molecule has 31 heavy (non-hydrogen) atoms. The quantitative estimate of drug-likeness (QED) is 0.510. The lowest BCUT2D eigenvalue weighted by atomic mass is 9.91. The normalized spacial score (nSPS) is 16.4. The van der Waals surface area contributed by atoms with Gasteiger partial charge in [0.05, 0.1) is 6.04 Å². The van der Waals surface area contributed by atoms with Gasteiger partial charge in [0.2, 0.25) is 11.8 Å². The molecular weight excluding hydrogens is 451 g/mol. The van der Waals surface area contributed by atoms with Gasteiger partial charge in [-0.1, -0.05) is 50.0 Å². The molecule has 1 aliphatic rings. The molecule has 1 aromatic heterocycles. The number of hydrogen-bond acceptors (Lipinski definition) is 3. The molecule has 1 aliphatic heterocycles. The third-order valence-electron chi connectivity index (χ3n) is 5.47. The number of carbonyl (C=O) groups excluding carboxylic acids is 2. The van der Waals surface area contributed by atoms with Gasteiger partial charge in [-0.2, -0.15) is 0 Å². The highest BCUT2D eigenvalue weighted by Crippen LogP contribution is 2.41. The van der Waals surface area contributed by atoms with Crippen molar-refractivity contribution in [3.8, 4) is 0 Å². The molecule has 2 amide bonds. The maximum absolute atomic E-state index is 13.5. The van der Waals surface area contributed by atoms with E-state index in [0.29, 0.717) is 23.0 Å². The Bertz CT molecular complexity index is 965. The Hall–Kier alpha value is -1.56. The summed E-state index contributed by atoms with van der Waals surface area (Å²) in [5.41, 5.74) is 1.82. The zero-order valence-corrected chi connectivity index (χ0v) is 21.1. The third-order valence-corrected chi connectivity index (χ3v) is 7.03. The third kappa shape index (κ3) is 5.63. The number of thiophene rings is 1. The molecule has 0 saturated carbocycles. The maximum Gasteiger partial charge on any atom is 0.243 e. The Labute approximate surface area is 199 Å². The topological polar surface area (TPSA) is 40.6 Å². The fourth-order valence-corrected chi connectivity index (χ4v) is 5.41. The van der Waals surface area contributed by atoms with Gasteiger partial charge < -0.3 is 9.80 Å². The highest BCUT2D eigenvalue weighted by atomic mass is 35.5. The highest BCUT2D eigenvalue weighted by molar-refractivity contribution is 7.10. The van der Waals surface area contributed by atoms with Crippen molar-refractivity contribution in [2.45, 2.75) is 59.5 Å². The molecule has 0 fully saturated rings. The minimum atomic E-state index is -0.279. The first-order valence-electron chi connectivity index (χ1n) is 10.6. The summed E-state index contributed by atoms with van der Waals surface area (Å²) in [6.07, 6.45) is 1.21. The van der Waals surface area contributed by atoms with Crippen molar-refractivity contribution >= 4 is 46.4 Å². The standard InChI is InChI=1S/C24H30Cl2N2O2S/c1-15(2)28(21(29)13-24(3,4)5)14-22(30)27-10-8-20-18(9-11-31-20)23(27)17-7-6-16(25)12-19(17)26/h6-7,9,11-12,15,23H,8,10,13-14H2,1-5H3. The van der Waals surface area contributed by atoms with Gasteiger partial charge in [-0.25, -0.2) is 0 Å². The van der Waals surface area contributed by atoms with Crippen LogP contribution in [-0.4, -0.2) is 40.7 Å². The maximum atomic E-state index is 13.5. The smallest absolute Gasteiger partial charge is 0.243 e. The molecule has 0 saturated heterocycles. The van der Waals surface area contributed by atoms with Crippen LogP contribution in [0.25, 0.3) is 0 Å². The van der Waals surface area contributed by atoms with Gasteiger partial charge in [-0.15, -0.1) is 11.3 Å². The van der Waals surface area contributed by atoms with Gasteiger partial charge in [0.25, 0.3) is 0 Å². The molecule has 0 N–H and O–H groups in total. The molecule has 0 aliphatic carbocycles. The number of amides is 2. The molecule has 0 radical (unpaired) electrons. The van der Waals surface area contributed by atoms with Crippen molar-refractivity contribution in [1.29, 1.82) is 0 Å². The van der Waals surface area contributed by atoms with Crippen LogP contribution in [0.3, 0.4) is 0 Å². The predicted octanol–water partition coefficient (Wildman–Crippen LogP) is 6.20. The Morgan fingerprint density at radius 3 is 2.52 bits per heavy atom. The summed E-state index contributed by atoms with van der Waals surface area (Å²) in [7, 11) is 0. The van der Waals surface area contributed by atoms with Crippen molar-refractivity contribution in [1.82, 2.24) is 9.80 Å². The lowest BCUT2D eigenvalue weighted by Crippen LogP contribution is -2.49. The summed E-state index contributed by atoms with van der Waals surface area (Å²) in [5, 5.41) is 3.16. The Kier molecular flexibility index (Phi) is 7.39. The lowest BCUT2D eigenvalue weighted by molar-refractivity contribution is -0.144. The van der Waals surface area contributed by atoms with E-state index < -0.39 is 0 Å². The summed E-state index contributed by atoms with van der Waals surface area (Å²) in [5.74, 6) is -0.0611. The second-order valence-electron chi connectivity index (χ2n) is 9.56. The zero-order valence-electron chi connectivity index (χ0n) is 18.7. The second kappa shape index (κ2) is 9.51. The largest absolute Gasteiger partial charge is 0.331 e. The molecule has 0 bridgehead atoms. The summed E-state index contributed by atoms with van der Waals surface area (Å²) in [4.78, 5) is 31.3. The molecule has 168 valence electrons. The van der Waals surface area contributed by atoms with E-state index in [9.17, 15) is 9.59 Å². The number of nitrogens with zero attached hydrogens (tertiary/aromatic N) is 2. The van der Waals surface area contributed by atoms with E-state index in [-0.39, 0.29) is 35.9 Å².